The van der Waals surface area contributed by atoms with Crippen molar-refractivity contribution in [3.05, 3.63) is 83.0 Å². The van der Waals surface area contributed by atoms with Crippen molar-refractivity contribution in [2.24, 2.45) is 5.92 Å². The van der Waals surface area contributed by atoms with Crippen LogP contribution in [0.25, 0.3) is 0 Å². The van der Waals surface area contributed by atoms with Gasteiger partial charge in [-0.1, -0.05) is 35.9 Å². The van der Waals surface area contributed by atoms with Crippen LogP contribution in [-0.2, 0) is 5.54 Å². The molecule has 0 spiro atoms. The van der Waals surface area contributed by atoms with Gasteiger partial charge in [0.2, 0.25) is 0 Å². The number of carbonyl (C=O) groups is 1. The molecule has 1 aromatic heterocycles. The summed E-state index contributed by atoms with van der Waals surface area (Å²) in [6.45, 7) is 3.05. The zero-order valence-electron chi connectivity index (χ0n) is 20.0. The highest BCUT2D eigenvalue weighted by molar-refractivity contribution is 6.30. The molecule has 35 heavy (non-hydrogen) atoms. The molecule has 0 atom stereocenters. The van der Waals surface area contributed by atoms with Gasteiger partial charge in [-0.3, -0.25) is 9.69 Å². The minimum atomic E-state index is -0.187. The average molecular weight is 491 g/mol. The Hall–Kier alpha value is -3.09. The molecular formula is C28H31ClN4O2. The largest absolute Gasteiger partial charge is 0.497 e. The molecule has 2 heterocycles. The lowest BCUT2D eigenvalue weighted by atomic mass is 9.93. The van der Waals surface area contributed by atoms with Crippen LogP contribution in [-0.4, -0.2) is 42.5 Å². The molecule has 3 aromatic rings. The van der Waals surface area contributed by atoms with Crippen LogP contribution in [0, 0.1) is 5.92 Å². The third-order valence-electron chi connectivity index (χ3n) is 7.29. The Kier molecular flexibility index (Phi) is 6.93. The fraction of sp³-hybridized carbons (Fsp3) is 0.357. The molecule has 1 aliphatic heterocycles. The number of aromatic nitrogens is 1. The van der Waals surface area contributed by atoms with Crippen LogP contribution in [0.4, 0.5) is 11.5 Å². The number of piperidine rings is 1. The number of benzene rings is 2. The molecule has 5 rings (SSSR count). The first-order valence-corrected chi connectivity index (χ1v) is 12.6. The molecule has 2 fully saturated rings. The molecule has 1 saturated heterocycles. The molecule has 0 unspecified atom stereocenters. The average Bonchev–Trinajstić information content (AvgIpc) is 3.71. The standard InChI is InChI=1S/C28H31ClN4O2/c1-35-23-9-6-21(7-10-23)28(14-15-28)33-16-12-20(13-17-33)18-30-25-5-3-2-4-24(25)27(34)32-26-11-8-22(29)19-31-26/h2-11,19-20,30H,12-18H2,1H3,(H,31,32,34). The molecule has 1 saturated carbocycles. The predicted molar refractivity (Wildman–Crippen MR) is 140 cm³/mol. The molecule has 0 radical (unpaired) electrons. The smallest absolute Gasteiger partial charge is 0.258 e. The summed E-state index contributed by atoms with van der Waals surface area (Å²) < 4.78 is 5.33. The van der Waals surface area contributed by atoms with Crippen molar-refractivity contribution in [1.82, 2.24) is 9.88 Å². The molecule has 182 valence electrons. The van der Waals surface area contributed by atoms with Gasteiger partial charge in [-0.05, 0) is 86.7 Å². The second kappa shape index (κ2) is 10.3. The highest BCUT2D eigenvalue weighted by Gasteiger charge is 2.49. The Bertz CT molecular complexity index is 1150. The Balaban J connectivity index is 1.16. The van der Waals surface area contributed by atoms with Crippen LogP contribution in [0.2, 0.25) is 5.02 Å². The van der Waals surface area contributed by atoms with Crippen LogP contribution >= 0.6 is 11.6 Å². The van der Waals surface area contributed by atoms with Gasteiger partial charge in [0.25, 0.3) is 5.91 Å². The maximum Gasteiger partial charge on any atom is 0.258 e. The van der Waals surface area contributed by atoms with E-state index in [9.17, 15) is 4.79 Å². The third kappa shape index (κ3) is 5.29. The summed E-state index contributed by atoms with van der Waals surface area (Å²) in [6, 6.07) is 19.6. The van der Waals surface area contributed by atoms with E-state index in [1.807, 2.05) is 24.3 Å². The van der Waals surface area contributed by atoms with Gasteiger partial charge in [0.1, 0.15) is 11.6 Å². The van der Waals surface area contributed by atoms with Crippen LogP contribution < -0.4 is 15.4 Å². The first kappa shape index (κ1) is 23.6. The number of hydrogen-bond acceptors (Lipinski definition) is 5. The number of amides is 1. The van der Waals surface area contributed by atoms with Crippen molar-refractivity contribution in [2.75, 3.05) is 37.4 Å². The van der Waals surface area contributed by atoms with Gasteiger partial charge in [-0.15, -0.1) is 0 Å². The number of hydrogen-bond donors (Lipinski definition) is 2. The van der Waals surface area contributed by atoms with Crippen molar-refractivity contribution in [2.45, 2.75) is 31.2 Å². The van der Waals surface area contributed by atoms with Gasteiger partial charge in [0.05, 0.1) is 17.7 Å². The highest BCUT2D eigenvalue weighted by atomic mass is 35.5. The molecule has 2 aliphatic rings. The number of methoxy groups -OCH3 is 1. The summed E-state index contributed by atoms with van der Waals surface area (Å²) in [6.07, 6.45) is 6.27. The number of ether oxygens (including phenoxy) is 1. The van der Waals surface area contributed by atoms with E-state index < -0.39 is 0 Å². The fourth-order valence-electron chi connectivity index (χ4n) is 5.10. The number of para-hydroxylation sites is 1. The summed E-state index contributed by atoms with van der Waals surface area (Å²) in [5, 5.41) is 6.93. The van der Waals surface area contributed by atoms with Gasteiger partial charge in [-0.25, -0.2) is 4.98 Å². The quantitative estimate of drug-likeness (QED) is 0.417. The summed E-state index contributed by atoms with van der Waals surface area (Å²) in [7, 11) is 1.71. The molecule has 1 aliphatic carbocycles. The first-order chi connectivity index (χ1) is 17.1. The maximum absolute atomic E-state index is 12.9. The molecule has 0 bridgehead atoms. The van der Waals surface area contributed by atoms with Crippen molar-refractivity contribution < 1.29 is 9.53 Å². The molecule has 1 amide bonds. The topological polar surface area (TPSA) is 66.5 Å². The Morgan fingerprint density at radius 3 is 2.49 bits per heavy atom. The minimum absolute atomic E-state index is 0.187. The number of likely N-dealkylation sites (tertiary alicyclic amines) is 1. The number of nitrogens with one attached hydrogen (secondary N) is 2. The van der Waals surface area contributed by atoms with E-state index in [1.165, 1.54) is 24.6 Å². The van der Waals surface area contributed by atoms with Crippen molar-refractivity contribution in [1.29, 1.82) is 0 Å². The summed E-state index contributed by atoms with van der Waals surface area (Å²) in [5.41, 5.74) is 3.08. The van der Waals surface area contributed by atoms with E-state index in [0.29, 0.717) is 22.3 Å². The second-order valence-electron chi connectivity index (χ2n) is 9.43. The SMILES string of the molecule is COc1ccc(C2(N3CCC(CNc4ccccc4C(=O)Nc4ccc(Cl)cn4)CC3)CC2)cc1. The van der Waals surface area contributed by atoms with Gasteiger partial charge < -0.3 is 15.4 Å². The van der Waals surface area contributed by atoms with Crippen molar-refractivity contribution >= 4 is 29.0 Å². The fourth-order valence-corrected chi connectivity index (χ4v) is 5.21. The van der Waals surface area contributed by atoms with Crippen molar-refractivity contribution in [3.63, 3.8) is 0 Å². The second-order valence-corrected chi connectivity index (χ2v) is 9.87. The Morgan fingerprint density at radius 1 is 1.09 bits per heavy atom. The normalized spacial score (nSPS) is 17.5. The van der Waals surface area contributed by atoms with Gasteiger partial charge in [-0.2, -0.15) is 0 Å². The summed E-state index contributed by atoms with van der Waals surface area (Å²) in [5.74, 6) is 1.78. The van der Waals surface area contributed by atoms with E-state index in [-0.39, 0.29) is 11.4 Å². The minimum Gasteiger partial charge on any atom is -0.497 e. The van der Waals surface area contributed by atoms with Crippen molar-refractivity contribution in [3.8, 4) is 5.75 Å². The lowest BCUT2D eigenvalue weighted by molar-refractivity contribution is 0.102. The first-order valence-electron chi connectivity index (χ1n) is 12.2. The molecule has 2 aromatic carbocycles. The number of anilines is 2. The lowest BCUT2D eigenvalue weighted by Gasteiger charge is -2.38. The van der Waals surface area contributed by atoms with Crippen LogP contribution in [0.5, 0.6) is 5.75 Å². The van der Waals surface area contributed by atoms with Gasteiger partial charge in [0.15, 0.2) is 0 Å². The zero-order valence-corrected chi connectivity index (χ0v) is 20.7. The highest BCUT2D eigenvalue weighted by Crippen LogP contribution is 2.52. The Morgan fingerprint density at radius 2 is 1.83 bits per heavy atom. The number of carbonyl (C=O) groups excluding carboxylic acids is 1. The van der Waals surface area contributed by atoms with E-state index in [4.69, 9.17) is 16.3 Å². The number of halogens is 1. The lowest BCUT2D eigenvalue weighted by Crippen LogP contribution is -2.42. The van der Waals surface area contributed by atoms with Crippen LogP contribution in [0.15, 0.2) is 66.9 Å². The van der Waals surface area contributed by atoms with E-state index in [2.05, 4.69) is 44.8 Å². The predicted octanol–water partition coefficient (Wildman–Crippen LogP) is 5.81. The number of nitrogens with zero attached hydrogens (tertiary/aromatic N) is 2. The molecular weight excluding hydrogens is 460 g/mol. The Labute approximate surface area is 211 Å². The van der Waals surface area contributed by atoms with Crippen LogP contribution in [0.3, 0.4) is 0 Å². The van der Waals surface area contributed by atoms with Crippen LogP contribution in [0.1, 0.15) is 41.6 Å². The van der Waals surface area contributed by atoms with Gasteiger partial charge >= 0.3 is 0 Å². The zero-order chi connectivity index (χ0) is 24.3. The third-order valence-corrected chi connectivity index (χ3v) is 7.52. The molecule has 6 nitrogen and oxygen atoms in total. The molecule has 7 heteroatoms. The van der Waals surface area contributed by atoms with E-state index in [1.54, 1.807) is 19.2 Å². The molecule has 2 N–H and O–H groups in total. The summed E-state index contributed by atoms with van der Waals surface area (Å²) in [4.78, 5) is 19.7. The van der Waals surface area contributed by atoms with E-state index >= 15 is 0 Å². The monoisotopic (exact) mass is 490 g/mol. The maximum atomic E-state index is 12.9. The van der Waals surface area contributed by atoms with Gasteiger partial charge in [0, 0.05) is 24.0 Å². The number of pyridine rings is 1. The summed E-state index contributed by atoms with van der Waals surface area (Å²) >= 11 is 5.89. The number of rotatable bonds is 8. The van der Waals surface area contributed by atoms with E-state index in [0.717, 1.165) is 43.9 Å².